The van der Waals surface area contributed by atoms with Crippen molar-refractivity contribution in [3.8, 4) is 0 Å². The zero-order valence-corrected chi connectivity index (χ0v) is 10.1. The molecule has 0 aliphatic carbocycles. The fourth-order valence-corrected chi connectivity index (χ4v) is 1.95. The lowest BCUT2D eigenvalue weighted by atomic mass is 10.2. The monoisotopic (exact) mass is 234 g/mol. The molecule has 0 saturated carbocycles. The lowest BCUT2D eigenvalue weighted by molar-refractivity contribution is 0.136. The number of hydrogen-bond donors (Lipinski definition) is 1. The first-order valence-electron chi connectivity index (χ1n) is 5.95. The summed E-state index contributed by atoms with van der Waals surface area (Å²) in [5, 5.41) is 0. The lowest BCUT2D eigenvalue weighted by Gasteiger charge is -2.12. The second kappa shape index (κ2) is 5.19. The molecule has 1 aliphatic rings. The first-order valence-corrected chi connectivity index (χ1v) is 5.95. The van der Waals surface area contributed by atoms with Gasteiger partial charge in [0.15, 0.2) is 0 Å². The minimum atomic E-state index is -0.254. The number of benzene rings is 1. The summed E-state index contributed by atoms with van der Waals surface area (Å²) in [6, 6.07) is 7.88. The highest BCUT2D eigenvalue weighted by Crippen LogP contribution is 2.23. The van der Waals surface area contributed by atoms with E-state index in [0.717, 1.165) is 18.5 Å². The molecular formula is C13H18N2O2. The number of cyclic esters (lactones) is 1. The first kappa shape index (κ1) is 11.9. The maximum absolute atomic E-state index is 11.7. The first-order chi connectivity index (χ1) is 8.20. The van der Waals surface area contributed by atoms with E-state index in [-0.39, 0.29) is 12.2 Å². The Kier molecular flexibility index (Phi) is 3.64. The fraction of sp³-hybridized carbons (Fsp3) is 0.462. The molecule has 1 fully saturated rings. The lowest BCUT2D eigenvalue weighted by Crippen LogP contribution is -2.24. The molecular weight excluding hydrogens is 216 g/mol. The maximum atomic E-state index is 11.7. The summed E-state index contributed by atoms with van der Waals surface area (Å²) in [5.41, 5.74) is 7.53. The number of amides is 1. The molecule has 1 aromatic rings. The molecule has 0 aromatic heterocycles. The molecule has 0 radical (unpaired) electrons. The van der Waals surface area contributed by atoms with Crippen molar-refractivity contribution in [1.82, 2.24) is 0 Å². The molecule has 2 rings (SSSR count). The second-order valence-corrected chi connectivity index (χ2v) is 4.38. The van der Waals surface area contributed by atoms with Crippen molar-refractivity contribution < 1.29 is 9.53 Å². The Hall–Kier alpha value is -1.55. The number of nitrogens with zero attached hydrogens (tertiary/aromatic N) is 1. The van der Waals surface area contributed by atoms with Gasteiger partial charge in [0.2, 0.25) is 0 Å². The quantitative estimate of drug-likeness (QED) is 0.867. The van der Waals surface area contributed by atoms with E-state index >= 15 is 0 Å². The molecule has 1 amide bonds. The van der Waals surface area contributed by atoms with Crippen LogP contribution in [0.5, 0.6) is 0 Å². The zero-order chi connectivity index (χ0) is 12.3. The standard InChI is InChI=1S/C13H18N2O2/c1-10-4-6-11(7-5-10)15-9-12(3-2-8-14)17-13(15)16/h4-7,12H,2-3,8-9,14H2,1H3. The van der Waals surface area contributed by atoms with E-state index < -0.39 is 0 Å². The molecule has 1 saturated heterocycles. The number of anilines is 1. The summed E-state index contributed by atoms with van der Waals surface area (Å²) in [6.45, 7) is 3.29. The number of carbonyl (C=O) groups is 1. The van der Waals surface area contributed by atoms with Crippen LogP contribution in [-0.2, 0) is 4.74 Å². The Morgan fingerprint density at radius 1 is 1.41 bits per heavy atom. The van der Waals surface area contributed by atoms with Gasteiger partial charge in [0, 0.05) is 5.69 Å². The smallest absolute Gasteiger partial charge is 0.414 e. The summed E-state index contributed by atoms with van der Waals surface area (Å²) in [7, 11) is 0. The number of aryl methyl sites for hydroxylation is 1. The van der Waals surface area contributed by atoms with Crippen LogP contribution in [0.1, 0.15) is 18.4 Å². The van der Waals surface area contributed by atoms with Crippen LogP contribution < -0.4 is 10.6 Å². The van der Waals surface area contributed by atoms with E-state index in [1.165, 1.54) is 5.56 Å². The highest BCUT2D eigenvalue weighted by atomic mass is 16.6. The number of nitrogens with two attached hydrogens (primary N) is 1. The molecule has 1 atom stereocenters. The average Bonchev–Trinajstić information content (AvgIpc) is 2.69. The third-order valence-electron chi connectivity index (χ3n) is 2.95. The molecule has 17 heavy (non-hydrogen) atoms. The van der Waals surface area contributed by atoms with Gasteiger partial charge in [-0.25, -0.2) is 4.79 Å². The topological polar surface area (TPSA) is 55.6 Å². The van der Waals surface area contributed by atoms with Crippen LogP contribution in [0.15, 0.2) is 24.3 Å². The fourth-order valence-electron chi connectivity index (χ4n) is 1.95. The molecule has 92 valence electrons. The summed E-state index contributed by atoms with van der Waals surface area (Å²) in [4.78, 5) is 13.4. The van der Waals surface area contributed by atoms with Gasteiger partial charge in [-0.15, -0.1) is 0 Å². The third kappa shape index (κ3) is 2.77. The number of carbonyl (C=O) groups excluding carboxylic acids is 1. The molecule has 4 heteroatoms. The predicted molar refractivity (Wildman–Crippen MR) is 67.1 cm³/mol. The normalized spacial score (nSPS) is 19.5. The Labute approximate surface area is 101 Å². The van der Waals surface area contributed by atoms with E-state index in [0.29, 0.717) is 13.1 Å². The SMILES string of the molecule is Cc1ccc(N2CC(CCCN)OC2=O)cc1. The maximum Gasteiger partial charge on any atom is 0.414 e. The van der Waals surface area contributed by atoms with Crippen LogP contribution >= 0.6 is 0 Å². The van der Waals surface area contributed by atoms with Gasteiger partial charge in [0.25, 0.3) is 0 Å². The Morgan fingerprint density at radius 2 is 2.12 bits per heavy atom. The molecule has 0 spiro atoms. The van der Waals surface area contributed by atoms with E-state index in [4.69, 9.17) is 10.5 Å². The molecule has 1 heterocycles. The molecule has 1 aromatic carbocycles. The molecule has 1 unspecified atom stereocenters. The van der Waals surface area contributed by atoms with E-state index in [1.54, 1.807) is 4.90 Å². The minimum Gasteiger partial charge on any atom is -0.444 e. The molecule has 4 nitrogen and oxygen atoms in total. The summed E-state index contributed by atoms with van der Waals surface area (Å²) in [5.74, 6) is 0. The van der Waals surface area contributed by atoms with Gasteiger partial charge in [0.05, 0.1) is 6.54 Å². The van der Waals surface area contributed by atoms with Crippen molar-refractivity contribution in [2.24, 2.45) is 5.73 Å². The molecule has 2 N–H and O–H groups in total. The Bertz CT molecular complexity index is 389. The zero-order valence-electron chi connectivity index (χ0n) is 10.1. The van der Waals surface area contributed by atoms with Crippen molar-refractivity contribution in [2.75, 3.05) is 18.0 Å². The summed E-state index contributed by atoms with van der Waals surface area (Å²) in [6.07, 6.45) is 1.45. The van der Waals surface area contributed by atoms with Gasteiger partial charge >= 0.3 is 6.09 Å². The van der Waals surface area contributed by atoms with E-state index in [2.05, 4.69) is 0 Å². The van der Waals surface area contributed by atoms with E-state index in [1.807, 2.05) is 31.2 Å². The van der Waals surface area contributed by atoms with Gasteiger partial charge in [-0.3, -0.25) is 4.90 Å². The van der Waals surface area contributed by atoms with Crippen molar-refractivity contribution in [3.05, 3.63) is 29.8 Å². The van der Waals surface area contributed by atoms with Crippen molar-refractivity contribution in [1.29, 1.82) is 0 Å². The largest absolute Gasteiger partial charge is 0.444 e. The van der Waals surface area contributed by atoms with Crippen LogP contribution in [0.25, 0.3) is 0 Å². The highest BCUT2D eigenvalue weighted by Gasteiger charge is 2.31. The summed E-state index contributed by atoms with van der Waals surface area (Å²) < 4.78 is 5.29. The van der Waals surface area contributed by atoms with Crippen LogP contribution in [-0.4, -0.2) is 25.3 Å². The third-order valence-corrected chi connectivity index (χ3v) is 2.95. The van der Waals surface area contributed by atoms with Crippen LogP contribution in [0, 0.1) is 6.92 Å². The van der Waals surface area contributed by atoms with Crippen LogP contribution in [0.3, 0.4) is 0 Å². The van der Waals surface area contributed by atoms with Gasteiger partial charge in [-0.2, -0.15) is 0 Å². The van der Waals surface area contributed by atoms with Crippen LogP contribution in [0.2, 0.25) is 0 Å². The number of hydrogen-bond acceptors (Lipinski definition) is 3. The van der Waals surface area contributed by atoms with Crippen molar-refractivity contribution in [2.45, 2.75) is 25.9 Å². The van der Waals surface area contributed by atoms with Crippen molar-refractivity contribution in [3.63, 3.8) is 0 Å². The number of ether oxygens (including phenoxy) is 1. The molecule has 0 bridgehead atoms. The minimum absolute atomic E-state index is 0.0210. The Morgan fingerprint density at radius 3 is 2.76 bits per heavy atom. The van der Waals surface area contributed by atoms with Gasteiger partial charge < -0.3 is 10.5 Å². The second-order valence-electron chi connectivity index (χ2n) is 4.38. The van der Waals surface area contributed by atoms with Crippen molar-refractivity contribution >= 4 is 11.8 Å². The predicted octanol–water partition coefficient (Wildman–Crippen LogP) is 2.06. The van der Waals surface area contributed by atoms with Gasteiger partial charge in [-0.05, 0) is 38.4 Å². The van der Waals surface area contributed by atoms with Crippen LogP contribution in [0.4, 0.5) is 10.5 Å². The van der Waals surface area contributed by atoms with E-state index in [9.17, 15) is 4.79 Å². The number of rotatable bonds is 4. The average molecular weight is 234 g/mol. The summed E-state index contributed by atoms with van der Waals surface area (Å²) >= 11 is 0. The highest BCUT2D eigenvalue weighted by molar-refractivity contribution is 5.89. The Balaban J connectivity index is 2.02. The molecule has 1 aliphatic heterocycles. The van der Waals surface area contributed by atoms with Gasteiger partial charge in [-0.1, -0.05) is 17.7 Å². The van der Waals surface area contributed by atoms with Gasteiger partial charge in [0.1, 0.15) is 6.10 Å².